The molecule has 2 saturated heterocycles. The maximum absolute atomic E-state index is 12.6. The van der Waals surface area contributed by atoms with Crippen molar-refractivity contribution in [1.82, 2.24) is 15.1 Å². The average molecular weight is 297 g/mol. The number of nitrogens with zero attached hydrogens (tertiary/aromatic N) is 2. The molecule has 2 rings (SSSR count). The Hall–Kier alpha value is -1.79. The van der Waals surface area contributed by atoms with Crippen LogP contribution < -0.4 is 5.32 Å². The van der Waals surface area contributed by atoms with E-state index in [1.54, 1.807) is 23.6 Å². The van der Waals surface area contributed by atoms with Crippen LogP contribution in [-0.2, 0) is 9.59 Å². The first-order valence-corrected chi connectivity index (χ1v) is 7.39. The fourth-order valence-corrected chi connectivity index (χ4v) is 2.97. The van der Waals surface area contributed by atoms with E-state index < -0.39 is 11.5 Å². The molecule has 0 aromatic carbocycles. The monoisotopic (exact) mass is 297 g/mol. The Labute approximate surface area is 124 Å². The van der Waals surface area contributed by atoms with Gasteiger partial charge in [-0.1, -0.05) is 0 Å². The first kappa shape index (κ1) is 15.6. The molecule has 2 heterocycles. The van der Waals surface area contributed by atoms with E-state index in [1.807, 2.05) is 0 Å². The summed E-state index contributed by atoms with van der Waals surface area (Å²) in [6.07, 6.45) is 1.58. The number of likely N-dealkylation sites (tertiary alicyclic amines) is 1. The second-order valence-electron chi connectivity index (χ2n) is 6.28. The fraction of sp³-hybridized carbons (Fsp3) is 0.786. The maximum atomic E-state index is 12.6. The Morgan fingerprint density at radius 2 is 2.10 bits per heavy atom. The standard InChI is InChI=1S/C14H23N3O4/c1-14(2)12(20)15-6-8-17(14)13(21)16-7-5-10(9-16)3-4-11(18)19/h10H,3-9H2,1-2H3,(H,15,20)(H,18,19). The summed E-state index contributed by atoms with van der Waals surface area (Å²) < 4.78 is 0. The van der Waals surface area contributed by atoms with E-state index in [1.165, 1.54) is 0 Å². The molecule has 1 unspecified atom stereocenters. The smallest absolute Gasteiger partial charge is 0.320 e. The summed E-state index contributed by atoms with van der Waals surface area (Å²) in [6.45, 7) is 5.70. The minimum atomic E-state index is -0.839. The molecule has 0 radical (unpaired) electrons. The van der Waals surface area contributed by atoms with Crippen molar-refractivity contribution in [2.45, 2.75) is 38.6 Å². The van der Waals surface area contributed by atoms with Gasteiger partial charge in [-0.05, 0) is 32.6 Å². The van der Waals surface area contributed by atoms with E-state index in [0.717, 1.165) is 6.42 Å². The zero-order chi connectivity index (χ0) is 15.6. The van der Waals surface area contributed by atoms with Gasteiger partial charge in [0.2, 0.25) is 5.91 Å². The highest BCUT2D eigenvalue weighted by Crippen LogP contribution is 2.25. The summed E-state index contributed by atoms with van der Waals surface area (Å²) in [7, 11) is 0. The molecule has 0 aromatic rings. The molecule has 118 valence electrons. The lowest BCUT2D eigenvalue weighted by Gasteiger charge is -2.42. The summed E-state index contributed by atoms with van der Waals surface area (Å²) in [5.74, 6) is -0.691. The van der Waals surface area contributed by atoms with E-state index >= 15 is 0 Å². The average Bonchev–Trinajstić information content (AvgIpc) is 2.87. The van der Waals surface area contributed by atoms with Crippen LogP contribution in [0.1, 0.15) is 33.1 Å². The van der Waals surface area contributed by atoms with Crippen LogP contribution in [0, 0.1) is 5.92 Å². The maximum Gasteiger partial charge on any atom is 0.320 e. The van der Waals surface area contributed by atoms with Crippen LogP contribution >= 0.6 is 0 Å². The molecule has 0 spiro atoms. The SMILES string of the molecule is CC1(C)C(=O)NCCN1C(=O)N1CCC(CCC(=O)O)C1. The zero-order valence-electron chi connectivity index (χ0n) is 12.6. The fourth-order valence-electron chi connectivity index (χ4n) is 2.97. The van der Waals surface area contributed by atoms with E-state index in [9.17, 15) is 14.4 Å². The van der Waals surface area contributed by atoms with Crippen LogP contribution in [0.3, 0.4) is 0 Å². The molecular weight excluding hydrogens is 274 g/mol. The Kier molecular flexibility index (Phi) is 4.39. The largest absolute Gasteiger partial charge is 0.481 e. The van der Waals surface area contributed by atoms with Crippen LogP contribution in [0.2, 0.25) is 0 Å². The summed E-state index contributed by atoms with van der Waals surface area (Å²) in [5, 5.41) is 11.5. The van der Waals surface area contributed by atoms with Gasteiger partial charge in [0.15, 0.2) is 0 Å². The Morgan fingerprint density at radius 3 is 2.76 bits per heavy atom. The molecule has 0 aromatic heterocycles. The number of carbonyl (C=O) groups excluding carboxylic acids is 2. The summed E-state index contributed by atoms with van der Waals surface area (Å²) >= 11 is 0. The highest BCUT2D eigenvalue weighted by molar-refractivity contribution is 5.91. The molecule has 21 heavy (non-hydrogen) atoms. The molecular formula is C14H23N3O4. The number of nitrogens with one attached hydrogen (secondary N) is 1. The molecule has 2 N–H and O–H groups in total. The molecule has 2 aliphatic rings. The number of urea groups is 1. The highest BCUT2D eigenvalue weighted by Gasteiger charge is 2.43. The first-order chi connectivity index (χ1) is 9.82. The van der Waals surface area contributed by atoms with Crippen molar-refractivity contribution < 1.29 is 19.5 Å². The summed E-state index contributed by atoms with van der Waals surface area (Å²) in [4.78, 5) is 38.5. The Balaban J connectivity index is 1.95. The lowest BCUT2D eigenvalue weighted by molar-refractivity contribution is -0.137. The predicted molar refractivity (Wildman–Crippen MR) is 75.7 cm³/mol. The molecule has 0 aliphatic carbocycles. The topological polar surface area (TPSA) is 90.0 Å². The third kappa shape index (κ3) is 3.28. The molecule has 2 aliphatic heterocycles. The molecule has 0 bridgehead atoms. The molecule has 7 nitrogen and oxygen atoms in total. The third-order valence-corrected chi connectivity index (χ3v) is 4.41. The molecule has 1 atom stereocenters. The number of carbonyl (C=O) groups is 3. The minimum Gasteiger partial charge on any atom is -0.481 e. The second kappa shape index (κ2) is 5.91. The lowest BCUT2D eigenvalue weighted by atomic mass is 9.99. The van der Waals surface area contributed by atoms with Gasteiger partial charge in [0.25, 0.3) is 0 Å². The van der Waals surface area contributed by atoms with Gasteiger partial charge in [-0.15, -0.1) is 0 Å². The quantitative estimate of drug-likeness (QED) is 0.794. The second-order valence-corrected chi connectivity index (χ2v) is 6.28. The summed E-state index contributed by atoms with van der Waals surface area (Å²) in [6, 6.07) is -0.118. The first-order valence-electron chi connectivity index (χ1n) is 7.39. The van der Waals surface area contributed by atoms with Crippen LogP contribution in [-0.4, -0.2) is 64.5 Å². The van der Waals surface area contributed by atoms with Gasteiger partial charge in [0.1, 0.15) is 5.54 Å². The number of hydrogen-bond donors (Lipinski definition) is 2. The third-order valence-electron chi connectivity index (χ3n) is 4.41. The number of aliphatic carboxylic acids is 1. The Bertz CT molecular complexity index is 450. The van der Waals surface area contributed by atoms with Gasteiger partial charge in [-0.3, -0.25) is 9.59 Å². The van der Waals surface area contributed by atoms with E-state index in [-0.39, 0.29) is 24.3 Å². The minimum absolute atomic E-state index is 0.118. The number of hydrogen-bond acceptors (Lipinski definition) is 3. The van der Waals surface area contributed by atoms with Crippen LogP contribution in [0.15, 0.2) is 0 Å². The van der Waals surface area contributed by atoms with E-state index in [0.29, 0.717) is 32.6 Å². The van der Waals surface area contributed by atoms with E-state index in [4.69, 9.17) is 5.11 Å². The van der Waals surface area contributed by atoms with Crippen molar-refractivity contribution in [2.24, 2.45) is 5.92 Å². The number of rotatable bonds is 3. The Morgan fingerprint density at radius 1 is 1.38 bits per heavy atom. The zero-order valence-corrected chi connectivity index (χ0v) is 12.6. The van der Waals surface area contributed by atoms with Crippen molar-refractivity contribution in [3.05, 3.63) is 0 Å². The molecule has 2 fully saturated rings. The number of carboxylic acid groups (broad SMARTS) is 1. The van der Waals surface area contributed by atoms with Crippen LogP contribution in [0.4, 0.5) is 4.79 Å². The molecule has 7 heteroatoms. The number of amides is 3. The molecule has 3 amide bonds. The van der Waals surface area contributed by atoms with Gasteiger partial charge < -0.3 is 20.2 Å². The van der Waals surface area contributed by atoms with Crippen LogP contribution in [0.25, 0.3) is 0 Å². The summed E-state index contributed by atoms with van der Waals surface area (Å²) in [5.41, 5.74) is -0.839. The van der Waals surface area contributed by atoms with Gasteiger partial charge >= 0.3 is 12.0 Å². The predicted octanol–water partition coefficient (Wildman–Crippen LogP) is 0.504. The van der Waals surface area contributed by atoms with Crippen molar-refractivity contribution >= 4 is 17.9 Å². The lowest BCUT2D eigenvalue weighted by Crippen LogP contribution is -2.65. The van der Waals surface area contributed by atoms with Crippen molar-refractivity contribution in [3.8, 4) is 0 Å². The van der Waals surface area contributed by atoms with E-state index in [2.05, 4.69) is 5.32 Å². The number of piperazine rings is 1. The van der Waals surface area contributed by atoms with Crippen molar-refractivity contribution in [1.29, 1.82) is 0 Å². The van der Waals surface area contributed by atoms with Gasteiger partial charge in [-0.2, -0.15) is 0 Å². The molecule has 0 saturated carbocycles. The van der Waals surface area contributed by atoms with Crippen LogP contribution in [0.5, 0.6) is 0 Å². The van der Waals surface area contributed by atoms with Crippen molar-refractivity contribution in [2.75, 3.05) is 26.2 Å². The normalized spacial score (nSPS) is 24.9. The van der Waals surface area contributed by atoms with Crippen molar-refractivity contribution in [3.63, 3.8) is 0 Å². The van der Waals surface area contributed by atoms with Gasteiger partial charge in [0.05, 0.1) is 0 Å². The number of carboxylic acids is 1. The highest BCUT2D eigenvalue weighted by atomic mass is 16.4. The van der Waals surface area contributed by atoms with Gasteiger partial charge in [-0.25, -0.2) is 4.79 Å². The van der Waals surface area contributed by atoms with Gasteiger partial charge in [0, 0.05) is 32.6 Å².